The molecule has 0 spiro atoms. The van der Waals surface area contributed by atoms with E-state index in [2.05, 4.69) is 6.58 Å². The molecule has 0 aliphatic heterocycles. The molecule has 0 heterocycles. The summed E-state index contributed by atoms with van der Waals surface area (Å²) in [4.78, 5) is 9.25. The number of hydrogen-bond donors (Lipinski definition) is 1. The van der Waals surface area contributed by atoms with Gasteiger partial charge in [-0.2, -0.15) is 0 Å². The molecule has 0 atom stereocenters. The quantitative estimate of drug-likeness (QED) is 0.560. The normalized spacial score (nSPS) is 8.25. The smallest absolute Gasteiger partial charge is 0.327 e. The van der Waals surface area contributed by atoms with Gasteiger partial charge in [-0.3, -0.25) is 0 Å². The lowest BCUT2D eigenvalue weighted by Gasteiger charge is -1.71. The van der Waals surface area contributed by atoms with Gasteiger partial charge in [-0.05, 0) is 13.0 Å². The Labute approximate surface area is 81.8 Å². The number of allylic oxidation sites excluding steroid dienone is 3. The molecule has 0 radical (unpaired) electrons. The monoisotopic (exact) mass is 208 g/mol. The molecule has 0 saturated carbocycles. The summed E-state index contributed by atoms with van der Waals surface area (Å²) in [5.41, 5.74) is 0. The minimum Gasteiger partial charge on any atom is -0.478 e. The third kappa shape index (κ3) is 22.8. The van der Waals surface area contributed by atoms with Crippen LogP contribution in [0.5, 0.6) is 0 Å². The first-order valence-corrected chi connectivity index (χ1v) is 3.79. The first kappa shape index (κ1) is 13.8. The van der Waals surface area contributed by atoms with Crippen molar-refractivity contribution >= 4 is 29.2 Å². The van der Waals surface area contributed by atoms with E-state index in [1.165, 1.54) is 0 Å². The third-order valence-corrected chi connectivity index (χ3v) is 0.841. The van der Waals surface area contributed by atoms with E-state index in [9.17, 15) is 4.79 Å². The number of hydrogen-bond acceptors (Lipinski definition) is 1. The number of rotatable bonds is 2. The van der Waals surface area contributed by atoms with E-state index in [-0.39, 0.29) is 4.49 Å². The summed E-state index contributed by atoms with van der Waals surface area (Å²) in [7, 11) is 0. The molecule has 0 amide bonds. The van der Waals surface area contributed by atoms with Crippen LogP contribution in [0.3, 0.4) is 0 Å². The van der Waals surface area contributed by atoms with Crippen LogP contribution in [0.2, 0.25) is 0 Å². The second-order valence-corrected chi connectivity index (χ2v) is 2.53. The summed E-state index contributed by atoms with van der Waals surface area (Å²) in [5, 5.41) is 7.60. The zero-order valence-electron chi connectivity index (χ0n) is 6.63. The minimum atomic E-state index is -0.981. The summed E-state index contributed by atoms with van der Waals surface area (Å²) in [6.07, 6.45) is 6.07. The Kier molecular flexibility index (Phi) is 11.8. The van der Waals surface area contributed by atoms with E-state index >= 15 is 0 Å². The Hall–Kier alpha value is -0.730. The number of carbonyl (C=O) groups is 1. The van der Waals surface area contributed by atoms with Crippen molar-refractivity contribution in [2.75, 3.05) is 0 Å². The van der Waals surface area contributed by atoms with Crippen molar-refractivity contribution in [1.29, 1.82) is 0 Å². The van der Waals surface area contributed by atoms with Gasteiger partial charge in [0.05, 0.1) is 0 Å². The largest absolute Gasteiger partial charge is 0.478 e. The molecule has 1 N–H and O–H groups in total. The van der Waals surface area contributed by atoms with E-state index in [1.54, 1.807) is 12.2 Å². The maximum atomic E-state index is 9.25. The van der Waals surface area contributed by atoms with Crippen molar-refractivity contribution in [3.8, 4) is 0 Å². The lowest BCUT2D eigenvalue weighted by Crippen LogP contribution is -1.82. The fourth-order valence-electron chi connectivity index (χ4n) is 0.169. The predicted molar refractivity (Wildman–Crippen MR) is 52.4 cm³/mol. The highest BCUT2D eigenvalue weighted by Crippen LogP contribution is 2.04. The number of carboxylic acids is 1. The first-order valence-electron chi connectivity index (χ1n) is 3.04. The van der Waals surface area contributed by atoms with E-state index in [4.69, 9.17) is 28.3 Å². The van der Waals surface area contributed by atoms with Crippen LogP contribution in [0.25, 0.3) is 0 Å². The maximum absolute atomic E-state index is 9.25. The molecule has 0 unspecified atom stereocenters. The van der Waals surface area contributed by atoms with Gasteiger partial charge in [-0.1, -0.05) is 41.9 Å². The number of halogens is 2. The van der Waals surface area contributed by atoms with Crippen molar-refractivity contribution < 1.29 is 9.90 Å². The summed E-state index contributed by atoms with van der Waals surface area (Å²) in [6, 6.07) is 0. The summed E-state index contributed by atoms with van der Waals surface area (Å²) in [5.74, 6) is -0.981. The second kappa shape index (κ2) is 10.3. The Morgan fingerprint density at radius 1 is 1.50 bits per heavy atom. The second-order valence-electron chi connectivity index (χ2n) is 1.52. The number of carboxylic acid groups (broad SMARTS) is 1. The molecule has 2 nitrogen and oxygen atoms in total. The average Bonchev–Trinajstić information content (AvgIpc) is 2.02. The molecule has 0 aromatic rings. The Morgan fingerprint density at radius 3 is 2.00 bits per heavy atom. The Balaban J connectivity index is 0. The predicted octanol–water partition coefficient (Wildman–Crippen LogP) is 3.14. The molecule has 0 aliphatic rings. The summed E-state index contributed by atoms with van der Waals surface area (Å²) < 4.78 is 0.290. The van der Waals surface area contributed by atoms with Gasteiger partial charge in [0.2, 0.25) is 0 Å². The van der Waals surface area contributed by atoms with Crippen molar-refractivity contribution in [2.45, 2.75) is 6.92 Å². The van der Waals surface area contributed by atoms with Crippen LogP contribution in [-0.2, 0) is 4.79 Å². The zero-order chi connectivity index (χ0) is 9.98. The van der Waals surface area contributed by atoms with Crippen LogP contribution in [-0.4, -0.2) is 11.1 Å². The van der Waals surface area contributed by atoms with Crippen LogP contribution >= 0.6 is 23.2 Å². The van der Waals surface area contributed by atoms with E-state index in [0.29, 0.717) is 0 Å². The SMILES string of the molecule is C/C=C/C=C(Cl)Cl.C=CC(=O)O. The molecule has 0 fully saturated rings. The van der Waals surface area contributed by atoms with Crippen LogP contribution in [0.4, 0.5) is 0 Å². The molecule has 0 saturated heterocycles. The average molecular weight is 209 g/mol. The van der Waals surface area contributed by atoms with Crippen LogP contribution in [0.1, 0.15) is 6.92 Å². The highest BCUT2D eigenvalue weighted by atomic mass is 35.5. The third-order valence-electron chi connectivity index (χ3n) is 0.589. The standard InChI is InChI=1S/C5H6Cl2.C3H4O2/c1-2-3-4-5(6)7;1-2-3(4)5/h2-4H,1H3;2H,1H2,(H,4,5)/b3-2+;. The van der Waals surface area contributed by atoms with Crippen molar-refractivity contribution in [2.24, 2.45) is 0 Å². The fraction of sp³-hybridized carbons (Fsp3) is 0.125. The van der Waals surface area contributed by atoms with E-state index in [1.807, 2.05) is 13.0 Å². The lowest BCUT2D eigenvalue weighted by molar-refractivity contribution is -0.131. The highest BCUT2D eigenvalue weighted by Gasteiger charge is 1.73. The van der Waals surface area contributed by atoms with Gasteiger partial charge >= 0.3 is 5.97 Å². The molecular weight excluding hydrogens is 199 g/mol. The van der Waals surface area contributed by atoms with Crippen LogP contribution < -0.4 is 0 Å². The summed E-state index contributed by atoms with van der Waals surface area (Å²) in [6.45, 7) is 4.86. The van der Waals surface area contributed by atoms with Gasteiger partial charge in [-0.15, -0.1) is 0 Å². The molecule has 12 heavy (non-hydrogen) atoms. The molecule has 0 aromatic heterocycles. The van der Waals surface area contributed by atoms with Gasteiger partial charge in [0.25, 0.3) is 0 Å². The van der Waals surface area contributed by atoms with E-state index < -0.39 is 5.97 Å². The zero-order valence-corrected chi connectivity index (χ0v) is 8.14. The van der Waals surface area contributed by atoms with Gasteiger partial charge in [0.15, 0.2) is 0 Å². The molecule has 0 rings (SSSR count). The van der Waals surface area contributed by atoms with Gasteiger partial charge in [0.1, 0.15) is 4.49 Å². The molecule has 4 heteroatoms. The summed E-state index contributed by atoms with van der Waals surface area (Å²) >= 11 is 10.5. The molecule has 0 aromatic carbocycles. The highest BCUT2D eigenvalue weighted by molar-refractivity contribution is 6.55. The topological polar surface area (TPSA) is 37.3 Å². The molecule has 0 bridgehead atoms. The van der Waals surface area contributed by atoms with Gasteiger partial charge in [0, 0.05) is 6.08 Å². The lowest BCUT2D eigenvalue weighted by atomic mass is 10.5. The minimum absolute atomic E-state index is 0.290. The molecular formula is C8H10Cl2O2. The number of aliphatic carboxylic acids is 1. The first-order chi connectivity index (χ1) is 5.54. The maximum Gasteiger partial charge on any atom is 0.327 e. The van der Waals surface area contributed by atoms with E-state index in [0.717, 1.165) is 6.08 Å². The Bertz CT molecular complexity index is 191. The molecule has 0 aliphatic carbocycles. The van der Waals surface area contributed by atoms with Gasteiger partial charge < -0.3 is 5.11 Å². The van der Waals surface area contributed by atoms with Gasteiger partial charge in [-0.25, -0.2) is 4.79 Å². The van der Waals surface area contributed by atoms with Crippen LogP contribution in [0.15, 0.2) is 35.4 Å². The van der Waals surface area contributed by atoms with Crippen molar-refractivity contribution in [3.63, 3.8) is 0 Å². The fourth-order valence-corrected chi connectivity index (χ4v) is 0.314. The molecule has 68 valence electrons. The Morgan fingerprint density at radius 2 is 1.92 bits per heavy atom. The van der Waals surface area contributed by atoms with Crippen molar-refractivity contribution in [3.05, 3.63) is 35.4 Å². The van der Waals surface area contributed by atoms with Crippen LogP contribution in [0, 0.1) is 0 Å². The van der Waals surface area contributed by atoms with Crippen molar-refractivity contribution in [1.82, 2.24) is 0 Å².